The maximum Gasteiger partial charge on any atom is 0.248 e. The summed E-state index contributed by atoms with van der Waals surface area (Å²) in [5.41, 5.74) is 11.4. The van der Waals surface area contributed by atoms with Crippen molar-refractivity contribution in [3.63, 3.8) is 0 Å². The molecule has 0 aliphatic heterocycles. The summed E-state index contributed by atoms with van der Waals surface area (Å²) < 4.78 is 18.4. The van der Waals surface area contributed by atoms with Crippen molar-refractivity contribution in [2.24, 2.45) is 5.73 Å². The number of carbonyl (C=O) groups is 1. The van der Waals surface area contributed by atoms with Crippen LogP contribution in [-0.2, 0) is 0 Å². The standard InChI is InChI=1S/C13H10ClFN2O2/c14-9-6-8(2-3-10(9)15)19-12-4-1-7(13(17)18)5-11(12)16/h1-6H,16H2,(H2,17,18). The third-order valence-corrected chi connectivity index (χ3v) is 2.70. The number of hydrogen-bond donors (Lipinski definition) is 2. The van der Waals surface area contributed by atoms with E-state index in [-0.39, 0.29) is 16.3 Å². The van der Waals surface area contributed by atoms with Gasteiger partial charge in [0.2, 0.25) is 5.91 Å². The van der Waals surface area contributed by atoms with E-state index in [4.69, 9.17) is 27.8 Å². The molecule has 1 amide bonds. The molecule has 0 saturated carbocycles. The fourth-order valence-corrected chi connectivity index (χ4v) is 1.63. The zero-order valence-corrected chi connectivity index (χ0v) is 10.4. The number of benzene rings is 2. The number of hydrogen-bond acceptors (Lipinski definition) is 3. The maximum atomic E-state index is 13.0. The Morgan fingerprint density at radius 2 is 1.95 bits per heavy atom. The Balaban J connectivity index is 2.28. The molecule has 2 aromatic rings. The van der Waals surface area contributed by atoms with Gasteiger partial charge in [0.15, 0.2) is 0 Å². The van der Waals surface area contributed by atoms with E-state index in [2.05, 4.69) is 0 Å². The number of halogens is 2. The fourth-order valence-electron chi connectivity index (χ4n) is 1.46. The fraction of sp³-hybridized carbons (Fsp3) is 0. The van der Waals surface area contributed by atoms with Gasteiger partial charge in [0, 0.05) is 11.6 Å². The van der Waals surface area contributed by atoms with Crippen LogP contribution in [0.15, 0.2) is 36.4 Å². The van der Waals surface area contributed by atoms with Gasteiger partial charge in [0.1, 0.15) is 17.3 Å². The molecule has 19 heavy (non-hydrogen) atoms. The molecule has 98 valence electrons. The Hall–Kier alpha value is -2.27. The number of nitrogens with two attached hydrogens (primary N) is 2. The van der Waals surface area contributed by atoms with Crippen molar-refractivity contribution in [1.82, 2.24) is 0 Å². The number of anilines is 1. The summed E-state index contributed by atoms with van der Waals surface area (Å²) in [6.07, 6.45) is 0. The van der Waals surface area contributed by atoms with E-state index >= 15 is 0 Å². The average Bonchev–Trinajstić information content (AvgIpc) is 2.36. The van der Waals surface area contributed by atoms with E-state index in [0.717, 1.165) is 0 Å². The molecule has 0 spiro atoms. The van der Waals surface area contributed by atoms with Crippen LogP contribution in [0.4, 0.5) is 10.1 Å². The maximum absolute atomic E-state index is 13.0. The summed E-state index contributed by atoms with van der Waals surface area (Å²) in [4.78, 5) is 11.0. The highest BCUT2D eigenvalue weighted by Gasteiger charge is 2.08. The number of nitrogen functional groups attached to an aromatic ring is 1. The first-order valence-corrected chi connectivity index (χ1v) is 5.67. The molecule has 2 rings (SSSR count). The number of rotatable bonds is 3. The third-order valence-electron chi connectivity index (χ3n) is 2.41. The van der Waals surface area contributed by atoms with Crippen molar-refractivity contribution < 1.29 is 13.9 Å². The minimum atomic E-state index is -0.580. The summed E-state index contributed by atoms with van der Waals surface area (Å²) >= 11 is 5.64. The van der Waals surface area contributed by atoms with Gasteiger partial charge in [0.05, 0.1) is 10.7 Å². The second-order valence-corrected chi connectivity index (χ2v) is 4.20. The van der Waals surface area contributed by atoms with Crippen molar-refractivity contribution >= 4 is 23.2 Å². The minimum absolute atomic E-state index is 0.0511. The molecule has 0 aliphatic carbocycles. The Morgan fingerprint density at radius 1 is 1.21 bits per heavy atom. The molecule has 0 saturated heterocycles. The van der Waals surface area contributed by atoms with Gasteiger partial charge in [-0.3, -0.25) is 4.79 Å². The number of amides is 1. The lowest BCUT2D eigenvalue weighted by molar-refractivity contribution is 0.100. The van der Waals surface area contributed by atoms with E-state index in [0.29, 0.717) is 11.5 Å². The molecule has 2 aromatic carbocycles. The molecule has 0 bridgehead atoms. The highest BCUT2D eigenvalue weighted by Crippen LogP contribution is 2.30. The summed E-state index contributed by atoms with van der Waals surface area (Å²) in [5, 5.41) is -0.0511. The molecule has 6 heteroatoms. The minimum Gasteiger partial charge on any atom is -0.455 e. The molecular formula is C13H10ClFN2O2. The molecule has 4 nitrogen and oxygen atoms in total. The van der Waals surface area contributed by atoms with Gasteiger partial charge in [-0.05, 0) is 30.3 Å². The van der Waals surface area contributed by atoms with Crippen molar-refractivity contribution in [2.45, 2.75) is 0 Å². The van der Waals surface area contributed by atoms with Gasteiger partial charge in [-0.15, -0.1) is 0 Å². The van der Waals surface area contributed by atoms with Gasteiger partial charge >= 0.3 is 0 Å². The molecule has 4 N–H and O–H groups in total. The van der Waals surface area contributed by atoms with Crippen LogP contribution in [0.1, 0.15) is 10.4 Å². The largest absolute Gasteiger partial charge is 0.455 e. The van der Waals surface area contributed by atoms with Gasteiger partial charge in [-0.1, -0.05) is 11.6 Å². The number of carbonyl (C=O) groups excluding carboxylic acids is 1. The lowest BCUT2D eigenvalue weighted by Gasteiger charge is -2.09. The number of primary amides is 1. The normalized spacial score (nSPS) is 10.2. The first-order valence-electron chi connectivity index (χ1n) is 5.29. The zero-order chi connectivity index (χ0) is 14.0. The highest BCUT2D eigenvalue weighted by atomic mass is 35.5. The van der Waals surface area contributed by atoms with E-state index in [1.54, 1.807) is 0 Å². The van der Waals surface area contributed by atoms with Gasteiger partial charge < -0.3 is 16.2 Å². The molecule has 0 heterocycles. The Kier molecular flexibility index (Phi) is 3.57. The average molecular weight is 281 g/mol. The van der Waals surface area contributed by atoms with Crippen molar-refractivity contribution in [3.8, 4) is 11.5 Å². The molecule has 0 aliphatic rings. The third kappa shape index (κ3) is 2.95. The van der Waals surface area contributed by atoms with Crippen LogP contribution in [0, 0.1) is 5.82 Å². The van der Waals surface area contributed by atoms with Crippen LogP contribution in [0.2, 0.25) is 5.02 Å². The van der Waals surface area contributed by atoms with Crippen molar-refractivity contribution in [1.29, 1.82) is 0 Å². The lowest BCUT2D eigenvalue weighted by Crippen LogP contribution is -2.11. The van der Waals surface area contributed by atoms with Gasteiger partial charge in [-0.25, -0.2) is 4.39 Å². The van der Waals surface area contributed by atoms with Crippen LogP contribution in [0.25, 0.3) is 0 Å². The van der Waals surface area contributed by atoms with Gasteiger partial charge in [0.25, 0.3) is 0 Å². The monoisotopic (exact) mass is 280 g/mol. The second-order valence-electron chi connectivity index (χ2n) is 3.79. The van der Waals surface area contributed by atoms with E-state index in [1.165, 1.54) is 36.4 Å². The first-order chi connectivity index (χ1) is 8.97. The predicted molar refractivity (Wildman–Crippen MR) is 70.9 cm³/mol. The van der Waals surface area contributed by atoms with E-state index in [9.17, 15) is 9.18 Å². The van der Waals surface area contributed by atoms with Crippen LogP contribution in [-0.4, -0.2) is 5.91 Å². The van der Waals surface area contributed by atoms with Gasteiger partial charge in [-0.2, -0.15) is 0 Å². The Morgan fingerprint density at radius 3 is 2.53 bits per heavy atom. The quantitative estimate of drug-likeness (QED) is 0.849. The molecule has 0 fully saturated rings. The van der Waals surface area contributed by atoms with Crippen molar-refractivity contribution in [2.75, 3.05) is 5.73 Å². The number of ether oxygens (including phenoxy) is 1. The summed E-state index contributed by atoms with van der Waals surface area (Å²) in [6, 6.07) is 8.33. The molecule has 0 atom stereocenters. The molecule has 0 unspecified atom stereocenters. The van der Waals surface area contributed by atoms with Crippen LogP contribution in [0.3, 0.4) is 0 Å². The Bertz CT molecular complexity index is 647. The summed E-state index contributed by atoms with van der Waals surface area (Å²) in [6.45, 7) is 0. The molecular weight excluding hydrogens is 271 g/mol. The van der Waals surface area contributed by atoms with Crippen LogP contribution < -0.4 is 16.2 Å². The van der Waals surface area contributed by atoms with E-state index < -0.39 is 11.7 Å². The SMILES string of the molecule is NC(=O)c1ccc(Oc2ccc(F)c(Cl)c2)c(N)c1. The molecule has 0 radical (unpaired) electrons. The smallest absolute Gasteiger partial charge is 0.248 e. The Labute approximate surface area is 113 Å². The van der Waals surface area contributed by atoms with Crippen molar-refractivity contribution in [3.05, 3.63) is 52.8 Å². The van der Waals surface area contributed by atoms with Crippen LogP contribution in [0.5, 0.6) is 11.5 Å². The summed E-state index contributed by atoms with van der Waals surface area (Å²) in [5.74, 6) is -0.452. The lowest BCUT2D eigenvalue weighted by atomic mass is 10.2. The second kappa shape index (κ2) is 5.16. The molecule has 0 aromatic heterocycles. The first kappa shape index (κ1) is 13.2. The predicted octanol–water partition coefficient (Wildman–Crippen LogP) is 2.95. The van der Waals surface area contributed by atoms with E-state index in [1.807, 2.05) is 0 Å². The topological polar surface area (TPSA) is 78.3 Å². The van der Waals surface area contributed by atoms with Crippen LogP contribution >= 0.6 is 11.6 Å². The summed E-state index contributed by atoms with van der Waals surface area (Å²) in [7, 11) is 0. The zero-order valence-electron chi connectivity index (χ0n) is 9.69. The highest BCUT2D eigenvalue weighted by molar-refractivity contribution is 6.30.